The van der Waals surface area contributed by atoms with E-state index in [1.807, 2.05) is 36.5 Å². The SMILES string of the molecule is COc1ccccc1-c1[nH]ccc1I. The number of aromatic amines is 1. The third-order valence-corrected chi connectivity index (χ3v) is 2.97. The maximum atomic E-state index is 5.30. The summed E-state index contributed by atoms with van der Waals surface area (Å²) in [4.78, 5) is 3.21. The lowest BCUT2D eigenvalue weighted by Gasteiger charge is -2.06. The standard InChI is InChI=1S/C11H10INO/c1-14-10-5-3-2-4-8(10)11-9(12)6-7-13-11/h2-7,13H,1H3. The van der Waals surface area contributed by atoms with Gasteiger partial charge in [-0.25, -0.2) is 0 Å². The molecule has 1 N–H and O–H groups in total. The van der Waals surface area contributed by atoms with Crippen LogP contribution in [0, 0.1) is 3.57 Å². The molecule has 0 atom stereocenters. The fourth-order valence-corrected chi connectivity index (χ4v) is 2.03. The highest BCUT2D eigenvalue weighted by atomic mass is 127. The van der Waals surface area contributed by atoms with Crippen LogP contribution in [0.15, 0.2) is 36.5 Å². The van der Waals surface area contributed by atoms with Crippen LogP contribution in [-0.4, -0.2) is 12.1 Å². The fourth-order valence-electron chi connectivity index (χ4n) is 1.41. The molecule has 2 aromatic rings. The van der Waals surface area contributed by atoms with E-state index in [1.54, 1.807) is 7.11 Å². The Kier molecular flexibility index (Phi) is 2.77. The van der Waals surface area contributed by atoms with Gasteiger partial charge in [0.15, 0.2) is 0 Å². The summed E-state index contributed by atoms with van der Waals surface area (Å²) < 4.78 is 6.50. The number of para-hydroxylation sites is 1. The third-order valence-electron chi connectivity index (χ3n) is 2.07. The van der Waals surface area contributed by atoms with E-state index in [2.05, 4.69) is 27.6 Å². The fraction of sp³-hybridized carbons (Fsp3) is 0.0909. The Morgan fingerprint density at radius 2 is 2.00 bits per heavy atom. The predicted molar refractivity (Wildman–Crippen MR) is 65.5 cm³/mol. The Morgan fingerprint density at radius 3 is 2.64 bits per heavy atom. The molecule has 0 amide bonds. The van der Waals surface area contributed by atoms with E-state index in [0.29, 0.717) is 0 Å². The maximum Gasteiger partial charge on any atom is 0.128 e. The van der Waals surface area contributed by atoms with E-state index in [-0.39, 0.29) is 0 Å². The molecule has 0 saturated heterocycles. The van der Waals surface area contributed by atoms with Crippen LogP contribution in [0.1, 0.15) is 0 Å². The van der Waals surface area contributed by atoms with Gasteiger partial charge in [0.1, 0.15) is 5.75 Å². The van der Waals surface area contributed by atoms with Crippen LogP contribution < -0.4 is 4.74 Å². The van der Waals surface area contributed by atoms with Crippen molar-refractivity contribution < 1.29 is 4.74 Å². The number of aromatic nitrogens is 1. The number of hydrogen-bond donors (Lipinski definition) is 1. The Hall–Kier alpha value is -0.970. The lowest BCUT2D eigenvalue weighted by molar-refractivity contribution is 0.416. The Balaban J connectivity index is 2.56. The average Bonchev–Trinajstić information content (AvgIpc) is 2.64. The van der Waals surface area contributed by atoms with Crippen molar-refractivity contribution >= 4 is 22.6 Å². The number of nitrogens with one attached hydrogen (secondary N) is 1. The van der Waals surface area contributed by atoms with Crippen molar-refractivity contribution in [2.45, 2.75) is 0 Å². The second-order valence-electron chi connectivity index (χ2n) is 2.90. The van der Waals surface area contributed by atoms with Crippen LogP contribution in [-0.2, 0) is 0 Å². The molecule has 2 nitrogen and oxygen atoms in total. The first-order chi connectivity index (χ1) is 6.83. The number of methoxy groups -OCH3 is 1. The van der Waals surface area contributed by atoms with Gasteiger partial charge in [-0.15, -0.1) is 0 Å². The molecule has 1 aromatic heterocycles. The van der Waals surface area contributed by atoms with Gasteiger partial charge in [-0.3, -0.25) is 0 Å². The highest BCUT2D eigenvalue weighted by molar-refractivity contribution is 14.1. The van der Waals surface area contributed by atoms with Crippen molar-refractivity contribution in [3.63, 3.8) is 0 Å². The van der Waals surface area contributed by atoms with Crippen LogP contribution in [0.25, 0.3) is 11.3 Å². The number of rotatable bonds is 2. The van der Waals surface area contributed by atoms with Crippen LogP contribution in [0.5, 0.6) is 5.75 Å². The van der Waals surface area contributed by atoms with E-state index in [4.69, 9.17) is 4.74 Å². The predicted octanol–water partition coefficient (Wildman–Crippen LogP) is 3.29. The lowest BCUT2D eigenvalue weighted by atomic mass is 10.1. The highest BCUT2D eigenvalue weighted by Crippen LogP contribution is 2.31. The molecule has 2 rings (SSSR count). The lowest BCUT2D eigenvalue weighted by Crippen LogP contribution is -1.88. The van der Waals surface area contributed by atoms with Gasteiger partial charge in [0, 0.05) is 15.3 Å². The van der Waals surface area contributed by atoms with Crippen molar-refractivity contribution in [2.24, 2.45) is 0 Å². The molecular weight excluding hydrogens is 289 g/mol. The van der Waals surface area contributed by atoms with Gasteiger partial charge in [-0.2, -0.15) is 0 Å². The molecule has 0 aliphatic carbocycles. The molecule has 0 fully saturated rings. The Morgan fingerprint density at radius 1 is 1.21 bits per heavy atom. The summed E-state index contributed by atoms with van der Waals surface area (Å²) in [6, 6.07) is 10.0. The highest BCUT2D eigenvalue weighted by Gasteiger charge is 2.08. The summed E-state index contributed by atoms with van der Waals surface area (Å²) in [5.41, 5.74) is 2.22. The van der Waals surface area contributed by atoms with Crippen molar-refractivity contribution in [1.29, 1.82) is 0 Å². The second kappa shape index (κ2) is 4.04. The first-order valence-electron chi connectivity index (χ1n) is 4.29. The Labute approximate surface area is 96.4 Å². The minimum absolute atomic E-state index is 0.896. The quantitative estimate of drug-likeness (QED) is 0.846. The first kappa shape index (κ1) is 9.58. The number of ether oxygens (including phenoxy) is 1. The second-order valence-corrected chi connectivity index (χ2v) is 4.06. The normalized spacial score (nSPS) is 10.1. The minimum Gasteiger partial charge on any atom is -0.496 e. The van der Waals surface area contributed by atoms with Crippen LogP contribution in [0.3, 0.4) is 0 Å². The summed E-state index contributed by atoms with van der Waals surface area (Å²) >= 11 is 2.31. The molecule has 14 heavy (non-hydrogen) atoms. The van der Waals surface area contributed by atoms with Crippen LogP contribution in [0.2, 0.25) is 0 Å². The largest absolute Gasteiger partial charge is 0.496 e. The molecule has 0 unspecified atom stereocenters. The molecule has 0 aliphatic rings. The zero-order chi connectivity index (χ0) is 9.97. The molecule has 1 heterocycles. The molecular formula is C11H10INO. The van der Waals surface area contributed by atoms with Crippen molar-refractivity contribution in [2.75, 3.05) is 7.11 Å². The third kappa shape index (κ3) is 1.64. The van der Waals surface area contributed by atoms with Crippen LogP contribution >= 0.6 is 22.6 Å². The molecule has 0 radical (unpaired) electrons. The van der Waals surface area contributed by atoms with Gasteiger partial charge in [-0.05, 0) is 40.8 Å². The Bertz CT molecular complexity index is 436. The van der Waals surface area contributed by atoms with Crippen molar-refractivity contribution in [3.8, 4) is 17.0 Å². The summed E-state index contributed by atoms with van der Waals surface area (Å²) in [6.07, 6.45) is 1.93. The number of H-pyrrole nitrogens is 1. The van der Waals surface area contributed by atoms with E-state index in [1.165, 1.54) is 3.57 Å². The zero-order valence-electron chi connectivity index (χ0n) is 7.75. The topological polar surface area (TPSA) is 25.0 Å². The number of hydrogen-bond acceptors (Lipinski definition) is 1. The van der Waals surface area contributed by atoms with Gasteiger partial charge < -0.3 is 9.72 Å². The first-order valence-corrected chi connectivity index (χ1v) is 5.37. The van der Waals surface area contributed by atoms with Crippen molar-refractivity contribution in [1.82, 2.24) is 4.98 Å². The van der Waals surface area contributed by atoms with E-state index >= 15 is 0 Å². The van der Waals surface area contributed by atoms with E-state index < -0.39 is 0 Å². The van der Waals surface area contributed by atoms with Gasteiger partial charge in [-0.1, -0.05) is 12.1 Å². The molecule has 3 heteroatoms. The molecule has 0 aliphatic heterocycles. The van der Waals surface area contributed by atoms with E-state index in [9.17, 15) is 0 Å². The molecule has 0 spiro atoms. The van der Waals surface area contributed by atoms with Gasteiger partial charge in [0.05, 0.1) is 12.8 Å². The summed E-state index contributed by atoms with van der Waals surface area (Å²) in [7, 11) is 1.69. The smallest absolute Gasteiger partial charge is 0.128 e. The molecule has 0 bridgehead atoms. The summed E-state index contributed by atoms with van der Waals surface area (Å²) in [5, 5.41) is 0. The summed E-state index contributed by atoms with van der Waals surface area (Å²) in [5.74, 6) is 0.896. The van der Waals surface area contributed by atoms with Crippen molar-refractivity contribution in [3.05, 3.63) is 40.1 Å². The number of benzene rings is 1. The molecule has 1 aromatic carbocycles. The average molecular weight is 299 g/mol. The van der Waals surface area contributed by atoms with Gasteiger partial charge in [0.25, 0.3) is 0 Å². The summed E-state index contributed by atoms with van der Waals surface area (Å²) in [6.45, 7) is 0. The maximum absolute atomic E-state index is 5.30. The van der Waals surface area contributed by atoms with E-state index in [0.717, 1.165) is 17.0 Å². The molecule has 0 saturated carbocycles. The molecule has 72 valence electrons. The minimum atomic E-state index is 0.896. The van der Waals surface area contributed by atoms with Gasteiger partial charge in [0.2, 0.25) is 0 Å². The van der Waals surface area contributed by atoms with Crippen LogP contribution in [0.4, 0.5) is 0 Å². The van der Waals surface area contributed by atoms with Gasteiger partial charge >= 0.3 is 0 Å². The zero-order valence-corrected chi connectivity index (χ0v) is 9.91. The number of halogens is 1. The monoisotopic (exact) mass is 299 g/mol.